The van der Waals surface area contributed by atoms with Crippen LogP contribution in [0.3, 0.4) is 0 Å². The fourth-order valence-corrected chi connectivity index (χ4v) is 2.25. The molecule has 1 aromatic heterocycles. The number of benzene rings is 1. The maximum Gasteiger partial charge on any atom is 0.0549 e. The fraction of sp³-hybridized carbons (Fsp3) is 0.200. The third-order valence-electron chi connectivity index (χ3n) is 1.75. The Balaban J connectivity index is 0.000000128. The molecule has 0 bridgehead atoms. The second-order valence-electron chi connectivity index (χ2n) is 2.77. The summed E-state index contributed by atoms with van der Waals surface area (Å²) in [7, 11) is 0. The molecule has 1 aliphatic rings. The minimum absolute atomic E-state index is 1.17. The summed E-state index contributed by atoms with van der Waals surface area (Å²) in [5, 5.41) is 1.24. The number of rotatable bonds is 0. The standard InChI is InChI=1S/C7H5NS.C3H5NS/c1-2-4-7-6(3-1)5-8-9-7;1-2-4-5-3-1/h1-5H;2H,1,3H2. The van der Waals surface area contributed by atoms with Crippen molar-refractivity contribution in [1.82, 2.24) is 4.37 Å². The monoisotopic (exact) mass is 222 g/mol. The van der Waals surface area contributed by atoms with E-state index in [1.807, 2.05) is 24.5 Å². The number of fused-ring (bicyclic) bond motifs is 1. The molecule has 0 unspecified atom stereocenters. The highest BCUT2D eigenvalue weighted by atomic mass is 32.2. The summed E-state index contributed by atoms with van der Waals surface area (Å²) in [6, 6.07) is 8.20. The van der Waals surface area contributed by atoms with Gasteiger partial charge in [0.15, 0.2) is 0 Å². The van der Waals surface area contributed by atoms with Gasteiger partial charge >= 0.3 is 0 Å². The van der Waals surface area contributed by atoms with Crippen molar-refractivity contribution in [1.29, 1.82) is 0 Å². The predicted octanol–water partition coefficient (Wildman–Crippen LogP) is 3.41. The molecular weight excluding hydrogens is 212 g/mol. The Hall–Kier alpha value is -0.870. The van der Waals surface area contributed by atoms with E-state index < -0.39 is 0 Å². The number of hydrogen-bond acceptors (Lipinski definition) is 4. The van der Waals surface area contributed by atoms with Crippen molar-refractivity contribution >= 4 is 39.8 Å². The molecule has 14 heavy (non-hydrogen) atoms. The van der Waals surface area contributed by atoms with Crippen LogP contribution < -0.4 is 0 Å². The summed E-state index contributed by atoms with van der Waals surface area (Å²) in [5.74, 6) is 1.19. The molecule has 4 heteroatoms. The summed E-state index contributed by atoms with van der Waals surface area (Å²) < 4.78 is 9.18. The normalized spacial score (nSPS) is 14.0. The van der Waals surface area contributed by atoms with E-state index in [1.54, 1.807) is 11.9 Å². The van der Waals surface area contributed by atoms with Gasteiger partial charge in [-0.25, -0.2) is 4.40 Å². The van der Waals surface area contributed by atoms with Gasteiger partial charge in [0.05, 0.1) is 4.70 Å². The second-order valence-corrected chi connectivity index (χ2v) is 4.48. The van der Waals surface area contributed by atoms with Crippen molar-refractivity contribution in [2.75, 3.05) is 5.75 Å². The van der Waals surface area contributed by atoms with Crippen molar-refractivity contribution in [2.45, 2.75) is 6.42 Å². The topological polar surface area (TPSA) is 25.2 Å². The van der Waals surface area contributed by atoms with E-state index >= 15 is 0 Å². The van der Waals surface area contributed by atoms with Crippen LogP contribution in [0.2, 0.25) is 0 Å². The Bertz CT molecular complexity index is 386. The molecule has 72 valence electrons. The molecule has 0 atom stereocenters. The molecular formula is C10H10N2S2. The van der Waals surface area contributed by atoms with Crippen molar-refractivity contribution < 1.29 is 0 Å². The van der Waals surface area contributed by atoms with E-state index in [2.05, 4.69) is 20.9 Å². The molecule has 1 aromatic carbocycles. The Morgan fingerprint density at radius 2 is 2.14 bits per heavy atom. The third kappa shape index (κ3) is 2.56. The summed E-state index contributed by atoms with van der Waals surface area (Å²) in [4.78, 5) is 0. The van der Waals surface area contributed by atoms with Gasteiger partial charge in [0.2, 0.25) is 0 Å². The van der Waals surface area contributed by atoms with Crippen LogP contribution in [-0.2, 0) is 0 Å². The molecule has 3 rings (SSSR count). The lowest BCUT2D eigenvalue weighted by atomic mass is 10.3. The highest BCUT2D eigenvalue weighted by Gasteiger charge is 1.89. The minimum atomic E-state index is 1.17. The quantitative estimate of drug-likeness (QED) is 0.638. The average Bonchev–Trinajstić information content (AvgIpc) is 2.92. The van der Waals surface area contributed by atoms with Crippen molar-refractivity contribution in [3.05, 3.63) is 30.5 Å². The zero-order valence-electron chi connectivity index (χ0n) is 7.59. The molecule has 2 aromatic rings. The smallest absolute Gasteiger partial charge is 0.0549 e. The van der Waals surface area contributed by atoms with Gasteiger partial charge in [-0.15, -0.1) is 0 Å². The van der Waals surface area contributed by atoms with Crippen LogP contribution in [0.5, 0.6) is 0 Å². The summed E-state index contributed by atoms with van der Waals surface area (Å²) in [6.45, 7) is 0. The van der Waals surface area contributed by atoms with Gasteiger partial charge in [0, 0.05) is 23.6 Å². The highest BCUT2D eigenvalue weighted by molar-refractivity contribution is 7.98. The molecule has 0 amide bonds. The van der Waals surface area contributed by atoms with Gasteiger partial charge in [-0.05, 0) is 36.0 Å². The molecule has 2 heterocycles. The van der Waals surface area contributed by atoms with Crippen LogP contribution in [0.25, 0.3) is 10.1 Å². The molecule has 0 saturated carbocycles. The van der Waals surface area contributed by atoms with Crippen molar-refractivity contribution in [3.8, 4) is 0 Å². The molecule has 1 aliphatic heterocycles. The maximum atomic E-state index is 4.04. The zero-order chi connectivity index (χ0) is 9.64. The summed E-state index contributed by atoms with van der Waals surface area (Å²) in [6.07, 6.45) is 5.01. The van der Waals surface area contributed by atoms with Crippen LogP contribution in [0, 0.1) is 0 Å². The molecule has 0 radical (unpaired) electrons. The van der Waals surface area contributed by atoms with Gasteiger partial charge in [-0.2, -0.15) is 4.37 Å². The van der Waals surface area contributed by atoms with Crippen LogP contribution in [-0.4, -0.2) is 16.3 Å². The van der Waals surface area contributed by atoms with Gasteiger partial charge in [0.25, 0.3) is 0 Å². The van der Waals surface area contributed by atoms with E-state index in [0.29, 0.717) is 0 Å². The van der Waals surface area contributed by atoms with Gasteiger partial charge in [-0.3, -0.25) is 0 Å². The SMILES string of the molecule is C1=NSCC1.c1ccc2sncc2c1. The number of hydrogen-bond donors (Lipinski definition) is 0. The first-order chi connectivity index (χ1) is 6.97. The largest absolute Gasteiger partial charge is 0.229 e. The Labute approximate surface area is 91.4 Å². The Kier molecular flexibility index (Phi) is 3.54. The van der Waals surface area contributed by atoms with Crippen molar-refractivity contribution in [2.24, 2.45) is 4.40 Å². The zero-order valence-corrected chi connectivity index (χ0v) is 9.22. The summed E-state index contributed by atoms with van der Waals surface area (Å²) in [5.41, 5.74) is 0. The van der Waals surface area contributed by atoms with Crippen LogP contribution >= 0.6 is 23.5 Å². The molecule has 0 fully saturated rings. The molecule has 0 spiro atoms. The van der Waals surface area contributed by atoms with Gasteiger partial charge < -0.3 is 0 Å². The lowest BCUT2D eigenvalue weighted by Crippen LogP contribution is -1.62. The Morgan fingerprint density at radius 3 is 2.79 bits per heavy atom. The molecule has 0 aliphatic carbocycles. The van der Waals surface area contributed by atoms with Crippen LogP contribution in [0.1, 0.15) is 6.42 Å². The lowest BCUT2D eigenvalue weighted by Gasteiger charge is -1.80. The number of aromatic nitrogens is 1. The van der Waals surface area contributed by atoms with E-state index in [1.165, 1.54) is 33.8 Å². The van der Waals surface area contributed by atoms with Crippen molar-refractivity contribution in [3.63, 3.8) is 0 Å². The fourth-order valence-electron chi connectivity index (χ4n) is 1.07. The molecule has 2 nitrogen and oxygen atoms in total. The first-order valence-electron chi connectivity index (χ1n) is 4.40. The first-order valence-corrected chi connectivity index (χ1v) is 6.11. The lowest BCUT2D eigenvalue weighted by molar-refractivity contribution is 1.39. The number of nitrogens with zero attached hydrogens (tertiary/aromatic N) is 2. The third-order valence-corrected chi connectivity index (χ3v) is 3.24. The van der Waals surface area contributed by atoms with Crippen LogP contribution in [0.15, 0.2) is 34.9 Å². The Morgan fingerprint density at radius 1 is 1.21 bits per heavy atom. The molecule has 0 N–H and O–H groups in total. The van der Waals surface area contributed by atoms with Gasteiger partial charge in [-0.1, -0.05) is 18.2 Å². The van der Waals surface area contributed by atoms with E-state index in [9.17, 15) is 0 Å². The highest BCUT2D eigenvalue weighted by Crippen LogP contribution is 2.15. The molecule has 0 saturated heterocycles. The average molecular weight is 222 g/mol. The van der Waals surface area contributed by atoms with E-state index in [4.69, 9.17) is 0 Å². The van der Waals surface area contributed by atoms with Gasteiger partial charge in [0.1, 0.15) is 0 Å². The second kappa shape index (κ2) is 5.12. The van der Waals surface area contributed by atoms with Crippen LogP contribution in [0.4, 0.5) is 0 Å². The van der Waals surface area contributed by atoms with E-state index in [-0.39, 0.29) is 0 Å². The minimum Gasteiger partial charge on any atom is -0.229 e. The van der Waals surface area contributed by atoms with E-state index in [0.717, 1.165) is 0 Å². The predicted molar refractivity (Wildman–Crippen MR) is 65.2 cm³/mol. The summed E-state index contributed by atoms with van der Waals surface area (Å²) >= 11 is 3.18. The maximum absolute atomic E-state index is 4.04. The first kappa shape index (κ1) is 9.68.